The lowest BCUT2D eigenvalue weighted by molar-refractivity contribution is 0.167. The van der Waals surface area contributed by atoms with Gasteiger partial charge in [-0.25, -0.2) is 14.8 Å². The topological polar surface area (TPSA) is 76.1 Å². The van der Waals surface area contributed by atoms with Crippen LogP contribution in [0.15, 0.2) is 36.7 Å². The van der Waals surface area contributed by atoms with Gasteiger partial charge in [0, 0.05) is 30.0 Å². The number of aromatic nitrogens is 2. The second kappa shape index (κ2) is 7.96. The van der Waals surface area contributed by atoms with Crippen LogP contribution in [-0.2, 0) is 11.2 Å². The smallest absolute Gasteiger partial charge is 0.407 e. The van der Waals surface area contributed by atoms with Gasteiger partial charge in [0.1, 0.15) is 0 Å². The number of carbonyl (C=O) groups excluding carboxylic acids is 1. The van der Waals surface area contributed by atoms with Crippen molar-refractivity contribution in [1.29, 1.82) is 0 Å². The van der Waals surface area contributed by atoms with E-state index in [1.807, 2.05) is 19.3 Å². The summed E-state index contributed by atoms with van der Waals surface area (Å²) in [5, 5.41) is 6.11. The molecule has 2 N–H and O–H groups in total. The zero-order chi connectivity index (χ0) is 17.6. The minimum Gasteiger partial charge on any atom is -0.453 e. The zero-order valence-corrected chi connectivity index (χ0v) is 14.7. The highest BCUT2D eigenvalue weighted by Crippen LogP contribution is 2.23. The highest BCUT2D eigenvalue weighted by atomic mass is 16.5. The van der Waals surface area contributed by atoms with Crippen LogP contribution in [0.25, 0.3) is 11.1 Å². The minimum atomic E-state index is -0.406. The molecule has 0 bridgehead atoms. The van der Waals surface area contributed by atoms with E-state index in [1.54, 1.807) is 0 Å². The van der Waals surface area contributed by atoms with Crippen LogP contribution < -0.4 is 10.6 Å². The molecule has 132 valence electrons. The van der Waals surface area contributed by atoms with E-state index in [4.69, 9.17) is 0 Å². The molecule has 1 fully saturated rings. The monoisotopic (exact) mass is 340 g/mol. The van der Waals surface area contributed by atoms with Gasteiger partial charge in [0.15, 0.2) is 0 Å². The minimum absolute atomic E-state index is 0.0125. The Morgan fingerprint density at radius 3 is 2.44 bits per heavy atom. The predicted molar refractivity (Wildman–Crippen MR) is 97.4 cm³/mol. The van der Waals surface area contributed by atoms with Crippen molar-refractivity contribution < 1.29 is 9.53 Å². The number of nitrogens with zero attached hydrogens (tertiary/aromatic N) is 2. The number of methoxy groups -OCH3 is 1. The maximum absolute atomic E-state index is 11.2. The summed E-state index contributed by atoms with van der Waals surface area (Å²) in [7, 11) is 1.37. The molecule has 0 aliphatic heterocycles. The molecule has 1 heterocycles. The number of hydrogen-bond acceptors (Lipinski definition) is 5. The number of anilines is 1. The first kappa shape index (κ1) is 17.2. The van der Waals surface area contributed by atoms with Gasteiger partial charge in [0.25, 0.3) is 0 Å². The molecule has 1 aliphatic carbocycles. The molecule has 6 nitrogen and oxygen atoms in total. The van der Waals surface area contributed by atoms with Gasteiger partial charge >= 0.3 is 6.09 Å². The summed E-state index contributed by atoms with van der Waals surface area (Å²) in [5.74, 6) is 0.702. The number of benzene rings is 1. The average Bonchev–Trinajstić information content (AvgIpc) is 2.59. The maximum Gasteiger partial charge on any atom is 0.407 e. The molecule has 2 aromatic rings. The number of nitrogens with one attached hydrogen (secondary N) is 2. The number of ether oxygens (including phenoxy) is 1. The maximum atomic E-state index is 11.2. The van der Waals surface area contributed by atoms with Gasteiger partial charge in [-0.3, -0.25) is 0 Å². The summed E-state index contributed by atoms with van der Waals surface area (Å²) < 4.78 is 4.61. The largest absolute Gasteiger partial charge is 0.453 e. The van der Waals surface area contributed by atoms with E-state index in [1.165, 1.54) is 26.4 Å². The van der Waals surface area contributed by atoms with Gasteiger partial charge in [-0.05, 0) is 43.7 Å². The SMILES string of the molecule is COC(=O)NC(C)Cc1ccc(-c2cnc(NC3CCC3)nc2)cc1. The van der Waals surface area contributed by atoms with E-state index in [2.05, 4.69) is 49.6 Å². The summed E-state index contributed by atoms with van der Waals surface area (Å²) in [6.07, 6.45) is 7.74. The van der Waals surface area contributed by atoms with Crippen LogP contribution in [0.5, 0.6) is 0 Å². The summed E-state index contributed by atoms with van der Waals surface area (Å²) in [4.78, 5) is 20.0. The van der Waals surface area contributed by atoms with E-state index in [0.717, 1.165) is 23.1 Å². The van der Waals surface area contributed by atoms with Crippen LogP contribution in [0.2, 0.25) is 0 Å². The Balaban J connectivity index is 1.58. The quantitative estimate of drug-likeness (QED) is 0.843. The van der Waals surface area contributed by atoms with Crippen LogP contribution in [0.3, 0.4) is 0 Å². The molecule has 1 atom stereocenters. The Hall–Kier alpha value is -2.63. The Bertz CT molecular complexity index is 696. The Morgan fingerprint density at radius 2 is 1.88 bits per heavy atom. The molecule has 3 rings (SSSR count). The lowest BCUT2D eigenvalue weighted by atomic mass is 9.93. The highest BCUT2D eigenvalue weighted by Gasteiger charge is 2.17. The predicted octanol–water partition coefficient (Wildman–Crippen LogP) is 3.40. The zero-order valence-electron chi connectivity index (χ0n) is 14.7. The van der Waals surface area contributed by atoms with Crippen LogP contribution in [0, 0.1) is 0 Å². The first-order valence-corrected chi connectivity index (χ1v) is 8.66. The lowest BCUT2D eigenvalue weighted by Crippen LogP contribution is -2.33. The molecule has 1 unspecified atom stereocenters. The average molecular weight is 340 g/mol. The van der Waals surface area contributed by atoms with Crippen molar-refractivity contribution in [2.45, 2.75) is 44.7 Å². The second-order valence-corrected chi connectivity index (χ2v) is 6.51. The molecule has 1 aliphatic rings. The molecule has 0 saturated heterocycles. The van der Waals surface area contributed by atoms with Gasteiger partial charge < -0.3 is 15.4 Å². The molecule has 1 amide bonds. The van der Waals surface area contributed by atoms with Gasteiger partial charge in [-0.2, -0.15) is 0 Å². The molecule has 1 saturated carbocycles. The summed E-state index contributed by atoms with van der Waals surface area (Å²) in [6, 6.07) is 8.77. The fourth-order valence-electron chi connectivity index (χ4n) is 2.78. The van der Waals surface area contributed by atoms with Crippen LogP contribution >= 0.6 is 0 Å². The van der Waals surface area contributed by atoms with E-state index in [0.29, 0.717) is 12.0 Å². The number of hydrogen-bond donors (Lipinski definition) is 2. The van der Waals surface area contributed by atoms with E-state index in [-0.39, 0.29) is 6.04 Å². The first-order chi connectivity index (χ1) is 12.1. The second-order valence-electron chi connectivity index (χ2n) is 6.51. The molecule has 0 radical (unpaired) electrons. The standard InChI is InChI=1S/C19H24N4O2/c1-13(22-19(24)25-2)10-14-6-8-15(9-7-14)16-11-20-18(21-12-16)23-17-4-3-5-17/h6-9,11-13,17H,3-5,10H2,1-2H3,(H,22,24)(H,20,21,23). The fourth-order valence-corrected chi connectivity index (χ4v) is 2.78. The number of amides is 1. The molecule has 25 heavy (non-hydrogen) atoms. The normalized spacial score (nSPS) is 15.1. The Morgan fingerprint density at radius 1 is 1.20 bits per heavy atom. The van der Waals surface area contributed by atoms with Gasteiger partial charge in [0.2, 0.25) is 5.95 Å². The van der Waals surface area contributed by atoms with Crippen molar-refractivity contribution in [2.75, 3.05) is 12.4 Å². The van der Waals surface area contributed by atoms with Crippen molar-refractivity contribution in [3.8, 4) is 11.1 Å². The Labute approximate surface area is 148 Å². The molecular weight excluding hydrogens is 316 g/mol. The molecular formula is C19H24N4O2. The van der Waals surface area contributed by atoms with E-state index in [9.17, 15) is 4.79 Å². The number of alkyl carbamates (subject to hydrolysis) is 1. The van der Waals surface area contributed by atoms with Crippen molar-refractivity contribution in [3.05, 3.63) is 42.2 Å². The molecule has 6 heteroatoms. The van der Waals surface area contributed by atoms with Gasteiger partial charge in [-0.15, -0.1) is 0 Å². The van der Waals surface area contributed by atoms with Gasteiger partial charge in [0.05, 0.1) is 7.11 Å². The highest BCUT2D eigenvalue weighted by molar-refractivity contribution is 5.67. The third kappa shape index (κ3) is 4.68. The van der Waals surface area contributed by atoms with Gasteiger partial charge in [-0.1, -0.05) is 24.3 Å². The summed E-state index contributed by atoms with van der Waals surface area (Å²) in [6.45, 7) is 1.95. The van der Waals surface area contributed by atoms with Crippen LogP contribution in [0.1, 0.15) is 31.7 Å². The first-order valence-electron chi connectivity index (χ1n) is 8.66. The van der Waals surface area contributed by atoms with Crippen LogP contribution in [-0.4, -0.2) is 35.3 Å². The third-order valence-corrected chi connectivity index (χ3v) is 4.47. The number of rotatable bonds is 6. The lowest BCUT2D eigenvalue weighted by Gasteiger charge is -2.26. The van der Waals surface area contributed by atoms with Crippen molar-refractivity contribution >= 4 is 12.0 Å². The third-order valence-electron chi connectivity index (χ3n) is 4.47. The van der Waals surface area contributed by atoms with Crippen molar-refractivity contribution in [1.82, 2.24) is 15.3 Å². The molecule has 0 spiro atoms. The fraction of sp³-hybridized carbons (Fsp3) is 0.421. The molecule has 1 aromatic heterocycles. The van der Waals surface area contributed by atoms with E-state index >= 15 is 0 Å². The Kier molecular flexibility index (Phi) is 5.48. The summed E-state index contributed by atoms with van der Waals surface area (Å²) in [5.41, 5.74) is 3.22. The van der Waals surface area contributed by atoms with Crippen molar-refractivity contribution in [3.63, 3.8) is 0 Å². The van der Waals surface area contributed by atoms with Crippen molar-refractivity contribution in [2.24, 2.45) is 0 Å². The van der Waals surface area contributed by atoms with Crippen LogP contribution in [0.4, 0.5) is 10.7 Å². The molecule has 1 aromatic carbocycles. The summed E-state index contributed by atoms with van der Waals surface area (Å²) >= 11 is 0. The van der Waals surface area contributed by atoms with E-state index < -0.39 is 6.09 Å². The number of carbonyl (C=O) groups is 1.